The zero-order valence-electron chi connectivity index (χ0n) is 21.0. The molecule has 0 fully saturated rings. The Kier molecular flexibility index (Phi) is 6.65. The highest BCUT2D eigenvalue weighted by molar-refractivity contribution is 6.30. The number of hydrogen-bond donors (Lipinski definition) is 0. The average Bonchev–Trinajstić information content (AvgIpc) is 3.00. The van der Waals surface area contributed by atoms with Gasteiger partial charge in [-0.3, -0.25) is 0 Å². The molecule has 0 spiro atoms. The van der Waals surface area contributed by atoms with E-state index in [1.54, 1.807) is 0 Å². The van der Waals surface area contributed by atoms with Crippen molar-refractivity contribution in [1.82, 2.24) is 0 Å². The van der Waals surface area contributed by atoms with Gasteiger partial charge >= 0.3 is 0 Å². The van der Waals surface area contributed by atoms with Crippen LogP contribution in [0.4, 0.5) is 0 Å². The zero-order valence-corrected chi connectivity index (χ0v) is 21.7. The minimum absolute atomic E-state index is 0.430. The van der Waals surface area contributed by atoms with Gasteiger partial charge in [0.05, 0.1) is 5.41 Å². The normalized spacial score (nSPS) is 11.3. The fourth-order valence-corrected chi connectivity index (χ4v) is 5.60. The van der Waals surface area contributed by atoms with E-state index >= 15 is 0 Å². The summed E-state index contributed by atoms with van der Waals surface area (Å²) < 4.78 is 0. The molecule has 0 atom stereocenters. The topological polar surface area (TPSA) is 0 Å². The van der Waals surface area contributed by atoms with Crippen molar-refractivity contribution in [3.63, 3.8) is 0 Å². The molecule has 0 heterocycles. The van der Waals surface area contributed by atoms with Gasteiger partial charge in [0.15, 0.2) is 0 Å². The Labute approximate surface area is 229 Å². The van der Waals surface area contributed by atoms with E-state index in [4.69, 9.17) is 11.6 Å². The first-order valence-corrected chi connectivity index (χ1v) is 13.3. The largest absolute Gasteiger partial charge is 0.0843 e. The summed E-state index contributed by atoms with van der Waals surface area (Å²) in [5, 5.41) is 0.753. The summed E-state index contributed by atoms with van der Waals surface area (Å²) >= 11 is 6.07. The van der Waals surface area contributed by atoms with Crippen LogP contribution in [0.25, 0.3) is 22.3 Å². The van der Waals surface area contributed by atoms with Crippen LogP contribution in [0.15, 0.2) is 164 Å². The van der Waals surface area contributed by atoms with E-state index in [1.807, 2.05) is 12.1 Å². The van der Waals surface area contributed by atoms with Crippen molar-refractivity contribution in [3.05, 3.63) is 191 Å². The predicted molar refractivity (Wildman–Crippen MR) is 161 cm³/mol. The van der Waals surface area contributed by atoms with Crippen molar-refractivity contribution in [2.24, 2.45) is 0 Å². The summed E-state index contributed by atoms with van der Waals surface area (Å²) in [5.41, 5.74) is 9.28. The van der Waals surface area contributed by atoms with Gasteiger partial charge in [0.2, 0.25) is 0 Å². The molecule has 0 saturated heterocycles. The molecule has 0 N–H and O–H groups in total. The van der Waals surface area contributed by atoms with Gasteiger partial charge in [-0.05, 0) is 56.6 Å². The molecule has 1 heteroatoms. The highest BCUT2D eigenvalue weighted by Gasteiger charge is 2.38. The Morgan fingerprint density at radius 1 is 0.289 bits per heavy atom. The average molecular weight is 507 g/mol. The van der Waals surface area contributed by atoms with E-state index in [2.05, 4.69) is 152 Å². The van der Waals surface area contributed by atoms with Gasteiger partial charge in [-0.1, -0.05) is 163 Å². The molecule has 0 bridgehead atoms. The molecule has 0 aliphatic carbocycles. The van der Waals surface area contributed by atoms with Gasteiger partial charge in [0, 0.05) is 5.02 Å². The van der Waals surface area contributed by atoms with Crippen molar-refractivity contribution < 1.29 is 0 Å². The molecule has 6 aromatic rings. The summed E-state index contributed by atoms with van der Waals surface area (Å²) in [6, 6.07) is 58.3. The molecule has 0 amide bonds. The van der Waals surface area contributed by atoms with E-state index in [0.717, 1.165) is 10.6 Å². The summed E-state index contributed by atoms with van der Waals surface area (Å²) in [6.45, 7) is 0. The van der Waals surface area contributed by atoms with E-state index in [1.165, 1.54) is 38.9 Å². The van der Waals surface area contributed by atoms with Crippen LogP contribution in [0.2, 0.25) is 5.02 Å². The smallest absolute Gasteiger partial charge is 0.0701 e. The van der Waals surface area contributed by atoms with E-state index < -0.39 is 5.41 Å². The van der Waals surface area contributed by atoms with Gasteiger partial charge in [-0.2, -0.15) is 0 Å². The fraction of sp³-hybridized carbons (Fsp3) is 0.0270. The van der Waals surface area contributed by atoms with Gasteiger partial charge in [0.1, 0.15) is 0 Å². The molecule has 0 saturated carbocycles. The lowest BCUT2D eigenvalue weighted by molar-refractivity contribution is 0.745. The molecule has 0 aromatic heterocycles. The lowest BCUT2D eigenvalue weighted by atomic mass is 9.65. The second kappa shape index (κ2) is 10.5. The highest BCUT2D eigenvalue weighted by Crippen LogP contribution is 2.45. The second-order valence-corrected chi connectivity index (χ2v) is 9.95. The van der Waals surface area contributed by atoms with Crippen LogP contribution in [0.1, 0.15) is 22.3 Å². The Hall–Kier alpha value is -4.39. The molecule has 0 aliphatic heterocycles. The highest BCUT2D eigenvalue weighted by atomic mass is 35.5. The third kappa shape index (κ3) is 4.45. The summed E-state index contributed by atoms with van der Waals surface area (Å²) in [7, 11) is 0. The number of benzene rings is 6. The first-order chi connectivity index (χ1) is 18.7. The van der Waals surface area contributed by atoms with Crippen LogP contribution < -0.4 is 0 Å². The van der Waals surface area contributed by atoms with Crippen molar-refractivity contribution >= 4 is 11.6 Å². The maximum atomic E-state index is 6.07. The monoisotopic (exact) mass is 506 g/mol. The number of halogens is 1. The van der Waals surface area contributed by atoms with Crippen LogP contribution in [0.3, 0.4) is 0 Å². The predicted octanol–water partition coefficient (Wildman–Crippen LogP) is 10.1. The fourth-order valence-electron chi connectivity index (χ4n) is 5.47. The SMILES string of the molecule is Clc1ccc(-c2ccc(-c3ccc(C(c4ccccc4)(c4ccccc4)c4ccccc4)cc3)cc2)cc1. The first-order valence-electron chi connectivity index (χ1n) is 12.9. The Morgan fingerprint density at radius 3 is 0.895 bits per heavy atom. The third-order valence-electron chi connectivity index (χ3n) is 7.33. The van der Waals surface area contributed by atoms with Crippen LogP contribution >= 0.6 is 11.6 Å². The van der Waals surface area contributed by atoms with E-state index in [0.29, 0.717) is 0 Å². The van der Waals surface area contributed by atoms with Gasteiger partial charge in [-0.25, -0.2) is 0 Å². The van der Waals surface area contributed by atoms with Crippen molar-refractivity contribution in [3.8, 4) is 22.3 Å². The van der Waals surface area contributed by atoms with Crippen molar-refractivity contribution in [2.75, 3.05) is 0 Å². The molecular formula is C37H27Cl. The maximum Gasteiger partial charge on any atom is 0.0701 e. The maximum absolute atomic E-state index is 6.07. The van der Waals surface area contributed by atoms with Crippen molar-refractivity contribution in [2.45, 2.75) is 5.41 Å². The van der Waals surface area contributed by atoms with Crippen LogP contribution in [0, 0.1) is 0 Å². The van der Waals surface area contributed by atoms with E-state index in [-0.39, 0.29) is 0 Å². The summed E-state index contributed by atoms with van der Waals surface area (Å²) in [5.74, 6) is 0. The quantitative estimate of drug-likeness (QED) is 0.197. The molecule has 0 aliphatic rings. The minimum Gasteiger partial charge on any atom is -0.0843 e. The lowest BCUT2D eigenvalue weighted by Gasteiger charge is -2.37. The molecule has 6 aromatic carbocycles. The zero-order chi connectivity index (χ0) is 25.8. The second-order valence-electron chi connectivity index (χ2n) is 9.51. The number of hydrogen-bond acceptors (Lipinski definition) is 0. The molecule has 0 nitrogen and oxygen atoms in total. The molecule has 38 heavy (non-hydrogen) atoms. The van der Waals surface area contributed by atoms with E-state index in [9.17, 15) is 0 Å². The Balaban J connectivity index is 1.45. The van der Waals surface area contributed by atoms with Crippen molar-refractivity contribution in [1.29, 1.82) is 0 Å². The van der Waals surface area contributed by atoms with Crippen LogP contribution in [-0.4, -0.2) is 0 Å². The first kappa shape index (κ1) is 24.0. The van der Waals surface area contributed by atoms with Gasteiger partial charge in [-0.15, -0.1) is 0 Å². The molecule has 182 valence electrons. The standard InChI is InChI=1S/C37H27Cl/c38-36-26-22-31(23-27-36)29-18-16-28(17-19-29)30-20-24-35(25-21-30)37(32-10-4-1-5-11-32,33-12-6-2-7-13-33)34-14-8-3-9-15-34/h1-27H. The van der Waals surface area contributed by atoms with Crippen LogP contribution in [-0.2, 0) is 5.41 Å². The third-order valence-corrected chi connectivity index (χ3v) is 7.59. The Bertz CT molecular complexity index is 1510. The summed E-state index contributed by atoms with van der Waals surface area (Å²) in [6.07, 6.45) is 0. The number of rotatable bonds is 6. The van der Waals surface area contributed by atoms with Gasteiger partial charge in [0.25, 0.3) is 0 Å². The summed E-state index contributed by atoms with van der Waals surface area (Å²) in [4.78, 5) is 0. The minimum atomic E-state index is -0.430. The van der Waals surface area contributed by atoms with Crippen LogP contribution in [0.5, 0.6) is 0 Å². The molecule has 6 rings (SSSR count). The molecule has 0 unspecified atom stereocenters. The Morgan fingerprint density at radius 2 is 0.553 bits per heavy atom. The molecular weight excluding hydrogens is 480 g/mol. The lowest BCUT2D eigenvalue weighted by Crippen LogP contribution is -2.30. The molecule has 0 radical (unpaired) electrons. The van der Waals surface area contributed by atoms with Gasteiger partial charge < -0.3 is 0 Å².